The van der Waals surface area contributed by atoms with Crippen LogP contribution < -0.4 is 5.73 Å². The SMILES string of the molecule is C[C@@H]1[C@H](CCCCC(N)=O)SC[C@@H]1C. The predicted octanol–water partition coefficient (Wildman–Crippen LogP) is 2.42. The van der Waals surface area contributed by atoms with Crippen molar-refractivity contribution in [2.45, 2.75) is 44.8 Å². The van der Waals surface area contributed by atoms with Crippen LogP contribution in [-0.4, -0.2) is 16.9 Å². The molecule has 1 aliphatic heterocycles. The highest BCUT2D eigenvalue weighted by Crippen LogP contribution is 2.39. The zero-order valence-electron chi connectivity index (χ0n) is 9.16. The first-order chi connectivity index (χ1) is 6.61. The van der Waals surface area contributed by atoms with Gasteiger partial charge in [0.05, 0.1) is 0 Å². The monoisotopic (exact) mass is 215 g/mol. The van der Waals surface area contributed by atoms with E-state index in [1.54, 1.807) is 0 Å². The van der Waals surface area contributed by atoms with E-state index >= 15 is 0 Å². The summed E-state index contributed by atoms with van der Waals surface area (Å²) >= 11 is 2.10. The van der Waals surface area contributed by atoms with Crippen LogP contribution in [0.25, 0.3) is 0 Å². The summed E-state index contributed by atoms with van der Waals surface area (Å²) in [5, 5.41) is 0.817. The first kappa shape index (κ1) is 11.9. The molecule has 82 valence electrons. The van der Waals surface area contributed by atoms with E-state index in [2.05, 4.69) is 25.6 Å². The van der Waals surface area contributed by atoms with E-state index in [0.29, 0.717) is 6.42 Å². The Morgan fingerprint density at radius 3 is 2.64 bits per heavy atom. The second-order valence-electron chi connectivity index (χ2n) is 4.42. The third-order valence-corrected chi connectivity index (χ3v) is 5.03. The standard InChI is InChI=1S/C11H21NOS/c1-8-7-14-10(9(8)2)5-3-4-6-11(12)13/h8-10H,3-7H2,1-2H3,(H2,12,13)/t8-,9-,10-/m0/s1. The van der Waals surface area contributed by atoms with E-state index in [0.717, 1.165) is 29.9 Å². The van der Waals surface area contributed by atoms with Gasteiger partial charge in [0.1, 0.15) is 0 Å². The fourth-order valence-corrected chi connectivity index (χ4v) is 3.70. The van der Waals surface area contributed by atoms with Crippen LogP contribution in [0.15, 0.2) is 0 Å². The summed E-state index contributed by atoms with van der Waals surface area (Å²) < 4.78 is 0. The lowest BCUT2D eigenvalue weighted by molar-refractivity contribution is -0.118. The molecule has 1 rings (SSSR count). The van der Waals surface area contributed by atoms with Crippen molar-refractivity contribution in [3.8, 4) is 0 Å². The van der Waals surface area contributed by atoms with E-state index in [1.807, 2.05) is 0 Å². The Labute approximate surface area is 91.0 Å². The quantitative estimate of drug-likeness (QED) is 0.716. The molecule has 0 aromatic heterocycles. The molecule has 2 N–H and O–H groups in total. The number of unbranched alkanes of at least 4 members (excludes halogenated alkanes) is 1. The topological polar surface area (TPSA) is 43.1 Å². The van der Waals surface area contributed by atoms with Crippen molar-refractivity contribution in [3.63, 3.8) is 0 Å². The molecule has 0 aliphatic carbocycles. The van der Waals surface area contributed by atoms with Crippen LogP contribution in [0.1, 0.15) is 39.5 Å². The Bertz CT molecular complexity index is 196. The molecule has 0 saturated carbocycles. The molecule has 0 unspecified atom stereocenters. The third kappa shape index (κ3) is 3.52. The van der Waals surface area contributed by atoms with Crippen molar-refractivity contribution >= 4 is 17.7 Å². The van der Waals surface area contributed by atoms with Crippen LogP contribution >= 0.6 is 11.8 Å². The van der Waals surface area contributed by atoms with Crippen LogP contribution in [0.2, 0.25) is 0 Å². The summed E-state index contributed by atoms with van der Waals surface area (Å²) in [6.45, 7) is 4.69. The van der Waals surface area contributed by atoms with Gasteiger partial charge >= 0.3 is 0 Å². The van der Waals surface area contributed by atoms with Crippen LogP contribution in [0.3, 0.4) is 0 Å². The fourth-order valence-electron chi connectivity index (χ4n) is 1.94. The zero-order chi connectivity index (χ0) is 10.6. The summed E-state index contributed by atoms with van der Waals surface area (Å²) in [4.78, 5) is 10.5. The molecule has 0 bridgehead atoms. The van der Waals surface area contributed by atoms with E-state index in [1.165, 1.54) is 12.2 Å². The average molecular weight is 215 g/mol. The van der Waals surface area contributed by atoms with Gasteiger partial charge in [0.2, 0.25) is 5.91 Å². The molecule has 1 amide bonds. The molecule has 0 spiro atoms. The normalized spacial score (nSPS) is 32.0. The highest BCUT2D eigenvalue weighted by Gasteiger charge is 2.29. The van der Waals surface area contributed by atoms with Gasteiger partial charge < -0.3 is 5.73 Å². The van der Waals surface area contributed by atoms with Crippen LogP contribution in [0, 0.1) is 11.8 Å². The van der Waals surface area contributed by atoms with Crippen LogP contribution in [0.5, 0.6) is 0 Å². The summed E-state index contributed by atoms with van der Waals surface area (Å²) in [5.74, 6) is 2.85. The summed E-state index contributed by atoms with van der Waals surface area (Å²) in [7, 11) is 0. The smallest absolute Gasteiger partial charge is 0.217 e. The molecule has 3 atom stereocenters. The fraction of sp³-hybridized carbons (Fsp3) is 0.909. The molecule has 0 aromatic carbocycles. The first-order valence-corrected chi connectivity index (χ1v) is 6.56. The van der Waals surface area contributed by atoms with Crippen molar-refractivity contribution < 1.29 is 4.79 Å². The van der Waals surface area contributed by atoms with E-state index in [-0.39, 0.29) is 5.91 Å². The molecule has 1 saturated heterocycles. The first-order valence-electron chi connectivity index (χ1n) is 5.51. The second-order valence-corrected chi connectivity index (χ2v) is 5.69. The lowest BCUT2D eigenvalue weighted by Gasteiger charge is -2.16. The highest BCUT2D eigenvalue weighted by molar-refractivity contribution is 8.00. The number of hydrogen-bond acceptors (Lipinski definition) is 2. The molecule has 0 aromatic rings. The number of nitrogens with two attached hydrogens (primary N) is 1. The lowest BCUT2D eigenvalue weighted by Crippen LogP contribution is -2.14. The third-order valence-electron chi connectivity index (χ3n) is 3.22. The van der Waals surface area contributed by atoms with Crippen molar-refractivity contribution in [2.75, 3.05) is 5.75 Å². The molecule has 0 radical (unpaired) electrons. The summed E-state index contributed by atoms with van der Waals surface area (Å²) in [6, 6.07) is 0. The lowest BCUT2D eigenvalue weighted by atomic mass is 9.92. The number of carbonyl (C=O) groups excluding carboxylic acids is 1. The van der Waals surface area contributed by atoms with E-state index < -0.39 is 0 Å². The number of hydrogen-bond donors (Lipinski definition) is 1. The molecule has 1 aliphatic rings. The second kappa shape index (κ2) is 5.64. The molecular weight excluding hydrogens is 194 g/mol. The van der Waals surface area contributed by atoms with Crippen molar-refractivity contribution in [3.05, 3.63) is 0 Å². The minimum atomic E-state index is -0.162. The molecule has 2 nitrogen and oxygen atoms in total. The Morgan fingerprint density at radius 2 is 2.14 bits per heavy atom. The van der Waals surface area contributed by atoms with Gasteiger partial charge in [-0.3, -0.25) is 4.79 Å². The van der Waals surface area contributed by atoms with Gasteiger partial charge in [-0.05, 0) is 30.4 Å². The minimum Gasteiger partial charge on any atom is -0.370 e. The van der Waals surface area contributed by atoms with Crippen molar-refractivity contribution in [1.29, 1.82) is 0 Å². The maximum Gasteiger partial charge on any atom is 0.217 e. The Kier molecular flexibility index (Phi) is 4.79. The molecule has 14 heavy (non-hydrogen) atoms. The van der Waals surface area contributed by atoms with Crippen LogP contribution in [-0.2, 0) is 4.79 Å². The Balaban J connectivity index is 2.10. The largest absolute Gasteiger partial charge is 0.370 e. The minimum absolute atomic E-state index is 0.162. The van der Waals surface area contributed by atoms with Crippen molar-refractivity contribution in [1.82, 2.24) is 0 Å². The van der Waals surface area contributed by atoms with Gasteiger partial charge in [-0.15, -0.1) is 0 Å². The van der Waals surface area contributed by atoms with Crippen molar-refractivity contribution in [2.24, 2.45) is 17.6 Å². The van der Waals surface area contributed by atoms with Gasteiger partial charge in [0, 0.05) is 11.7 Å². The van der Waals surface area contributed by atoms with Crippen LogP contribution in [0.4, 0.5) is 0 Å². The van der Waals surface area contributed by atoms with Gasteiger partial charge in [-0.1, -0.05) is 20.3 Å². The van der Waals surface area contributed by atoms with Gasteiger partial charge in [-0.2, -0.15) is 11.8 Å². The number of carbonyl (C=O) groups is 1. The number of thioether (sulfide) groups is 1. The molecular formula is C11H21NOS. The summed E-state index contributed by atoms with van der Waals surface area (Å²) in [5.41, 5.74) is 5.09. The predicted molar refractivity (Wildman–Crippen MR) is 62.2 cm³/mol. The maximum atomic E-state index is 10.5. The van der Waals surface area contributed by atoms with Gasteiger partial charge in [-0.25, -0.2) is 0 Å². The number of primary amides is 1. The highest BCUT2D eigenvalue weighted by atomic mass is 32.2. The molecule has 1 heterocycles. The van der Waals surface area contributed by atoms with Gasteiger partial charge in [0.25, 0.3) is 0 Å². The van der Waals surface area contributed by atoms with Gasteiger partial charge in [0.15, 0.2) is 0 Å². The average Bonchev–Trinajstić information content (AvgIpc) is 2.43. The van der Waals surface area contributed by atoms with E-state index in [4.69, 9.17) is 5.73 Å². The Hall–Kier alpha value is -0.180. The maximum absolute atomic E-state index is 10.5. The number of amides is 1. The Morgan fingerprint density at radius 1 is 1.43 bits per heavy atom. The molecule has 1 fully saturated rings. The summed E-state index contributed by atoms with van der Waals surface area (Å²) in [6.07, 6.45) is 3.93. The zero-order valence-corrected chi connectivity index (χ0v) is 9.98. The number of rotatable bonds is 5. The molecule has 3 heteroatoms. The van der Waals surface area contributed by atoms with E-state index in [9.17, 15) is 4.79 Å².